The SMILES string of the molecule is CC(C)NC(C)(C)c1ccc(Cl)cc1. The molecule has 0 aromatic heterocycles. The second-order valence-electron chi connectivity index (χ2n) is 4.43. The van der Waals surface area contributed by atoms with E-state index in [9.17, 15) is 0 Å². The van der Waals surface area contributed by atoms with Crippen molar-refractivity contribution in [2.45, 2.75) is 39.3 Å². The van der Waals surface area contributed by atoms with Gasteiger partial charge in [0.1, 0.15) is 0 Å². The van der Waals surface area contributed by atoms with Crippen LogP contribution < -0.4 is 5.32 Å². The van der Waals surface area contributed by atoms with Gasteiger partial charge in [-0.25, -0.2) is 0 Å². The molecule has 0 unspecified atom stereocenters. The monoisotopic (exact) mass is 211 g/mol. The largest absolute Gasteiger partial charge is 0.306 e. The molecule has 0 saturated heterocycles. The van der Waals surface area contributed by atoms with Crippen LogP contribution in [0.15, 0.2) is 24.3 Å². The summed E-state index contributed by atoms with van der Waals surface area (Å²) in [6.45, 7) is 8.65. The Morgan fingerprint density at radius 2 is 1.64 bits per heavy atom. The van der Waals surface area contributed by atoms with Crippen LogP contribution >= 0.6 is 11.6 Å². The Balaban J connectivity index is 2.86. The van der Waals surface area contributed by atoms with Crippen molar-refractivity contribution in [2.24, 2.45) is 0 Å². The quantitative estimate of drug-likeness (QED) is 0.806. The van der Waals surface area contributed by atoms with E-state index >= 15 is 0 Å². The lowest BCUT2D eigenvalue weighted by atomic mass is 9.93. The second kappa shape index (κ2) is 4.33. The Labute approximate surface area is 91.5 Å². The lowest BCUT2D eigenvalue weighted by Gasteiger charge is -2.29. The van der Waals surface area contributed by atoms with Crippen LogP contribution in [0, 0.1) is 0 Å². The summed E-state index contributed by atoms with van der Waals surface area (Å²) in [5.74, 6) is 0. The maximum absolute atomic E-state index is 5.85. The highest BCUT2D eigenvalue weighted by Gasteiger charge is 2.20. The first-order valence-corrected chi connectivity index (χ1v) is 5.33. The minimum atomic E-state index is -0.00123. The molecule has 0 aliphatic heterocycles. The van der Waals surface area contributed by atoms with Gasteiger partial charge in [0, 0.05) is 16.6 Å². The van der Waals surface area contributed by atoms with Gasteiger partial charge in [0.15, 0.2) is 0 Å². The van der Waals surface area contributed by atoms with Crippen LogP contribution in [0.5, 0.6) is 0 Å². The van der Waals surface area contributed by atoms with Gasteiger partial charge in [-0.3, -0.25) is 0 Å². The summed E-state index contributed by atoms with van der Waals surface area (Å²) >= 11 is 5.85. The van der Waals surface area contributed by atoms with Gasteiger partial charge in [-0.15, -0.1) is 0 Å². The Morgan fingerprint density at radius 1 is 1.14 bits per heavy atom. The highest BCUT2D eigenvalue weighted by molar-refractivity contribution is 6.30. The number of hydrogen-bond acceptors (Lipinski definition) is 1. The molecular formula is C12H18ClN. The average molecular weight is 212 g/mol. The fourth-order valence-electron chi connectivity index (χ4n) is 1.67. The lowest BCUT2D eigenvalue weighted by molar-refractivity contribution is 0.366. The smallest absolute Gasteiger partial charge is 0.0406 e. The van der Waals surface area contributed by atoms with Crippen LogP contribution in [0.3, 0.4) is 0 Å². The third-order valence-corrected chi connectivity index (χ3v) is 2.47. The highest BCUT2D eigenvalue weighted by atomic mass is 35.5. The normalized spacial score (nSPS) is 12.1. The molecule has 1 aromatic rings. The molecule has 14 heavy (non-hydrogen) atoms. The third kappa shape index (κ3) is 3.00. The second-order valence-corrected chi connectivity index (χ2v) is 4.87. The molecule has 0 heterocycles. The molecule has 0 bridgehead atoms. The van der Waals surface area contributed by atoms with E-state index in [4.69, 9.17) is 11.6 Å². The molecule has 0 fully saturated rings. The zero-order chi connectivity index (χ0) is 10.8. The van der Waals surface area contributed by atoms with Crippen molar-refractivity contribution < 1.29 is 0 Å². The Hall–Kier alpha value is -0.530. The third-order valence-electron chi connectivity index (χ3n) is 2.22. The predicted molar refractivity (Wildman–Crippen MR) is 62.7 cm³/mol. The molecule has 0 aliphatic carbocycles. The summed E-state index contributed by atoms with van der Waals surface area (Å²) in [6, 6.07) is 8.47. The van der Waals surface area contributed by atoms with E-state index in [0.29, 0.717) is 6.04 Å². The van der Waals surface area contributed by atoms with Gasteiger partial charge in [-0.1, -0.05) is 37.6 Å². The molecule has 0 amide bonds. The van der Waals surface area contributed by atoms with E-state index in [-0.39, 0.29) is 5.54 Å². The maximum Gasteiger partial charge on any atom is 0.0406 e. The standard InChI is InChI=1S/C12H18ClN/c1-9(2)14-12(3,4)10-5-7-11(13)8-6-10/h5-9,14H,1-4H3. The predicted octanol–water partition coefficient (Wildman–Crippen LogP) is 3.57. The van der Waals surface area contributed by atoms with Crippen molar-refractivity contribution in [1.82, 2.24) is 5.32 Å². The number of rotatable bonds is 3. The highest BCUT2D eigenvalue weighted by Crippen LogP contribution is 2.22. The van der Waals surface area contributed by atoms with Gasteiger partial charge < -0.3 is 5.32 Å². The van der Waals surface area contributed by atoms with Crippen molar-refractivity contribution >= 4 is 11.6 Å². The van der Waals surface area contributed by atoms with Crippen molar-refractivity contribution in [3.05, 3.63) is 34.9 Å². The van der Waals surface area contributed by atoms with E-state index < -0.39 is 0 Å². The van der Waals surface area contributed by atoms with E-state index in [1.165, 1.54) is 5.56 Å². The van der Waals surface area contributed by atoms with Crippen LogP contribution in [-0.4, -0.2) is 6.04 Å². The summed E-state index contributed by atoms with van der Waals surface area (Å²) < 4.78 is 0. The number of halogens is 1. The molecule has 1 N–H and O–H groups in total. The van der Waals surface area contributed by atoms with Crippen LogP contribution in [0.1, 0.15) is 33.3 Å². The van der Waals surface area contributed by atoms with Crippen LogP contribution in [0.4, 0.5) is 0 Å². The van der Waals surface area contributed by atoms with Gasteiger partial charge in [-0.05, 0) is 31.5 Å². The number of nitrogens with one attached hydrogen (secondary N) is 1. The van der Waals surface area contributed by atoms with Crippen LogP contribution in [0.25, 0.3) is 0 Å². The molecule has 1 rings (SSSR count). The molecule has 0 saturated carbocycles. The minimum Gasteiger partial charge on any atom is -0.306 e. The van der Waals surface area contributed by atoms with Crippen LogP contribution in [-0.2, 0) is 5.54 Å². The number of hydrogen-bond donors (Lipinski definition) is 1. The summed E-state index contributed by atoms with van der Waals surface area (Å²) in [6.07, 6.45) is 0. The van der Waals surface area contributed by atoms with Crippen LogP contribution in [0.2, 0.25) is 5.02 Å². The molecule has 0 spiro atoms. The molecule has 0 radical (unpaired) electrons. The molecule has 2 heteroatoms. The summed E-state index contributed by atoms with van der Waals surface area (Å²) in [4.78, 5) is 0. The average Bonchev–Trinajstić information content (AvgIpc) is 2.02. The zero-order valence-corrected chi connectivity index (χ0v) is 10.0. The molecule has 1 nitrogen and oxygen atoms in total. The van der Waals surface area contributed by atoms with Gasteiger partial charge in [0.2, 0.25) is 0 Å². The fourth-order valence-corrected chi connectivity index (χ4v) is 1.80. The molecule has 0 atom stereocenters. The summed E-state index contributed by atoms with van der Waals surface area (Å²) in [7, 11) is 0. The molecule has 78 valence electrons. The van der Waals surface area contributed by atoms with E-state index in [1.54, 1.807) is 0 Å². The minimum absolute atomic E-state index is 0.00123. The van der Waals surface area contributed by atoms with E-state index in [1.807, 2.05) is 12.1 Å². The first kappa shape index (κ1) is 11.5. The summed E-state index contributed by atoms with van der Waals surface area (Å²) in [5, 5.41) is 4.30. The number of benzene rings is 1. The summed E-state index contributed by atoms with van der Waals surface area (Å²) in [5.41, 5.74) is 1.26. The van der Waals surface area contributed by atoms with Crippen molar-refractivity contribution in [3.63, 3.8) is 0 Å². The molecule has 0 aliphatic rings. The van der Waals surface area contributed by atoms with Gasteiger partial charge in [0.05, 0.1) is 0 Å². The Kier molecular flexibility index (Phi) is 3.57. The van der Waals surface area contributed by atoms with Gasteiger partial charge in [0.25, 0.3) is 0 Å². The molecule has 1 aromatic carbocycles. The maximum atomic E-state index is 5.85. The Bertz CT molecular complexity index is 288. The Morgan fingerprint density at radius 3 is 2.07 bits per heavy atom. The van der Waals surface area contributed by atoms with Crippen molar-refractivity contribution in [2.75, 3.05) is 0 Å². The van der Waals surface area contributed by atoms with E-state index in [0.717, 1.165) is 5.02 Å². The molecular weight excluding hydrogens is 194 g/mol. The van der Waals surface area contributed by atoms with E-state index in [2.05, 4.69) is 45.1 Å². The van der Waals surface area contributed by atoms with Gasteiger partial charge >= 0.3 is 0 Å². The van der Waals surface area contributed by atoms with Gasteiger partial charge in [-0.2, -0.15) is 0 Å². The fraction of sp³-hybridized carbons (Fsp3) is 0.500. The first-order chi connectivity index (χ1) is 6.42. The zero-order valence-electron chi connectivity index (χ0n) is 9.26. The lowest BCUT2D eigenvalue weighted by Crippen LogP contribution is -2.40. The van der Waals surface area contributed by atoms with Crippen molar-refractivity contribution in [1.29, 1.82) is 0 Å². The van der Waals surface area contributed by atoms with Crippen molar-refractivity contribution in [3.8, 4) is 0 Å². The topological polar surface area (TPSA) is 12.0 Å². The first-order valence-electron chi connectivity index (χ1n) is 4.95.